The van der Waals surface area contributed by atoms with Gasteiger partial charge in [-0.25, -0.2) is 14.4 Å². The number of thioether (sulfide) groups is 1. The predicted octanol–water partition coefficient (Wildman–Crippen LogP) is 3.57. The van der Waals surface area contributed by atoms with Gasteiger partial charge in [0.15, 0.2) is 0 Å². The lowest BCUT2D eigenvalue weighted by molar-refractivity contribution is -0.151. The fraction of sp³-hybridized carbons (Fsp3) is 0.556. The monoisotopic (exact) mass is 546 g/mol. The molecule has 11 heteroatoms. The number of amides is 4. The molecule has 208 valence electrons. The standard InChI is InChI=1S/C27H38N4O6S/c1-27(2,3)37-26(35)30-20(24(33)36-18-8-4-5-9-18)10-6-7-16-11-13-17(14-12-16)21-15-19(22(28)32)23(38-21)31-25(29)34/h11-15,18-20,23H,4-10H2,1-3H3,(H2,28,32)(H,30,35)(H3,29,31,34)/t19?,20-,23?/m0/s1. The Morgan fingerprint density at radius 2 is 1.74 bits per heavy atom. The van der Waals surface area contributed by atoms with E-state index in [-0.39, 0.29) is 6.10 Å². The zero-order chi connectivity index (χ0) is 27.9. The molecule has 0 aromatic heterocycles. The van der Waals surface area contributed by atoms with Crippen LogP contribution in [0.5, 0.6) is 0 Å². The summed E-state index contributed by atoms with van der Waals surface area (Å²) in [6.07, 6.45) is 6.54. The van der Waals surface area contributed by atoms with E-state index in [2.05, 4.69) is 10.6 Å². The number of aryl methyl sites for hydroxylation is 1. The third-order valence-electron chi connectivity index (χ3n) is 6.28. The maximum absolute atomic E-state index is 12.8. The summed E-state index contributed by atoms with van der Waals surface area (Å²) >= 11 is 1.33. The number of benzene rings is 1. The highest BCUT2D eigenvalue weighted by Crippen LogP contribution is 2.41. The minimum absolute atomic E-state index is 0.0901. The summed E-state index contributed by atoms with van der Waals surface area (Å²) in [6, 6.07) is 6.30. The molecule has 1 heterocycles. The summed E-state index contributed by atoms with van der Waals surface area (Å²) in [5.41, 5.74) is 12.0. The molecule has 0 spiro atoms. The van der Waals surface area contributed by atoms with Gasteiger partial charge in [-0.05, 0) is 76.8 Å². The molecule has 0 saturated heterocycles. The number of esters is 1. The van der Waals surface area contributed by atoms with Gasteiger partial charge >= 0.3 is 18.1 Å². The van der Waals surface area contributed by atoms with Crippen molar-refractivity contribution in [2.75, 3.05) is 0 Å². The number of ether oxygens (including phenoxy) is 2. The molecule has 2 aliphatic rings. The van der Waals surface area contributed by atoms with Crippen LogP contribution < -0.4 is 22.1 Å². The van der Waals surface area contributed by atoms with Crippen LogP contribution >= 0.6 is 11.8 Å². The largest absolute Gasteiger partial charge is 0.461 e. The maximum atomic E-state index is 12.8. The maximum Gasteiger partial charge on any atom is 0.408 e. The van der Waals surface area contributed by atoms with Crippen molar-refractivity contribution in [1.29, 1.82) is 0 Å². The van der Waals surface area contributed by atoms with Crippen LogP contribution in [-0.4, -0.2) is 47.1 Å². The Labute approximate surface area is 227 Å². The highest BCUT2D eigenvalue weighted by atomic mass is 32.2. The molecule has 6 N–H and O–H groups in total. The first-order valence-corrected chi connectivity index (χ1v) is 13.8. The second-order valence-electron chi connectivity index (χ2n) is 10.6. The summed E-state index contributed by atoms with van der Waals surface area (Å²) in [5.74, 6) is -1.61. The number of alkyl carbamates (subject to hydrolysis) is 1. The van der Waals surface area contributed by atoms with Crippen molar-refractivity contribution in [3.8, 4) is 0 Å². The summed E-state index contributed by atoms with van der Waals surface area (Å²) in [7, 11) is 0. The number of rotatable bonds is 10. The number of urea groups is 1. The molecule has 2 unspecified atom stereocenters. The van der Waals surface area contributed by atoms with Crippen molar-refractivity contribution in [2.45, 2.75) is 88.8 Å². The molecule has 4 amide bonds. The third kappa shape index (κ3) is 8.97. The van der Waals surface area contributed by atoms with E-state index in [1.165, 1.54) is 11.8 Å². The molecule has 1 aliphatic carbocycles. The normalized spacial score (nSPS) is 20.3. The molecule has 1 saturated carbocycles. The second kappa shape index (κ2) is 13.0. The molecule has 1 aromatic carbocycles. The fourth-order valence-corrected chi connectivity index (χ4v) is 5.76. The van der Waals surface area contributed by atoms with E-state index in [1.807, 2.05) is 24.3 Å². The molecule has 3 rings (SSSR count). The number of nitrogens with two attached hydrogens (primary N) is 2. The Morgan fingerprint density at radius 3 is 2.32 bits per heavy atom. The zero-order valence-corrected chi connectivity index (χ0v) is 23.0. The van der Waals surface area contributed by atoms with E-state index in [0.29, 0.717) is 19.3 Å². The van der Waals surface area contributed by atoms with E-state index in [9.17, 15) is 19.2 Å². The van der Waals surface area contributed by atoms with E-state index in [4.69, 9.17) is 20.9 Å². The number of hydrogen-bond acceptors (Lipinski definition) is 7. The second-order valence-corrected chi connectivity index (χ2v) is 11.8. The van der Waals surface area contributed by atoms with Crippen LogP contribution in [0, 0.1) is 5.92 Å². The van der Waals surface area contributed by atoms with Gasteiger partial charge in [0.05, 0.1) is 11.3 Å². The van der Waals surface area contributed by atoms with Gasteiger partial charge in [0.25, 0.3) is 0 Å². The molecular weight excluding hydrogens is 508 g/mol. The van der Waals surface area contributed by atoms with E-state index in [1.54, 1.807) is 26.8 Å². The van der Waals surface area contributed by atoms with Crippen LogP contribution in [0.3, 0.4) is 0 Å². The summed E-state index contributed by atoms with van der Waals surface area (Å²) in [6.45, 7) is 5.31. The minimum Gasteiger partial charge on any atom is -0.461 e. The van der Waals surface area contributed by atoms with Crippen molar-refractivity contribution < 1.29 is 28.7 Å². The first-order valence-electron chi connectivity index (χ1n) is 12.9. The molecule has 0 bridgehead atoms. The Balaban J connectivity index is 1.58. The van der Waals surface area contributed by atoms with E-state index in [0.717, 1.165) is 41.7 Å². The van der Waals surface area contributed by atoms with Crippen molar-refractivity contribution >= 4 is 40.7 Å². The number of nitrogens with one attached hydrogen (secondary N) is 2. The van der Waals surface area contributed by atoms with E-state index < -0.39 is 46.9 Å². The first kappa shape index (κ1) is 29.3. The van der Waals surface area contributed by atoms with Crippen LogP contribution in [0.2, 0.25) is 0 Å². The number of hydrogen-bond donors (Lipinski definition) is 4. The van der Waals surface area contributed by atoms with Gasteiger partial charge < -0.3 is 31.6 Å². The molecular formula is C27H38N4O6S. The average molecular weight is 547 g/mol. The van der Waals surface area contributed by atoms with Crippen LogP contribution in [0.4, 0.5) is 9.59 Å². The quantitative estimate of drug-likeness (QED) is 0.326. The van der Waals surface area contributed by atoms with Crippen LogP contribution in [-0.2, 0) is 25.5 Å². The lowest BCUT2D eigenvalue weighted by Crippen LogP contribution is -2.45. The summed E-state index contributed by atoms with van der Waals surface area (Å²) in [4.78, 5) is 49.1. The molecule has 1 aliphatic heterocycles. The smallest absolute Gasteiger partial charge is 0.408 e. The number of carbonyl (C=O) groups is 4. The van der Waals surface area contributed by atoms with Gasteiger partial charge in [-0.15, -0.1) is 0 Å². The van der Waals surface area contributed by atoms with Gasteiger partial charge in [0, 0.05) is 4.91 Å². The lowest BCUT2D eigenvalue weighted by Gasteiger charge is -2.24. The SMILES string of the molecule is CC(C)(C)OC(=O)N[C@@H](CCCc1ccc(C2=CC(C(N)=O)C(NC(N)=O)S2)cc1)C(=O)OC1CCCC1. The van der Waals surface area contributed by atoms with Gasteiger partial charge in [-0.1, -0.05) is 42.1 Å². The van der Waals surface area contributed by atoms with Gasteiger partial charge in [-0.3, -0.25) is 4.79 Å². The molecule has 38 heavy (non-hydrogen) atoms. The van der Waals surface area contributed by atoms with Crippen LogP contribution in [0.1, 0.15) is 70.4 Å². The fourth-order valence-electron chi connectivity index (χ4n) is 4.45. The van der Waals surface area contributed by atoms with Crippen molar-refractivity contribution in [3.63, 3.8) is 0 Å². The molecule has 1 aromatic rings. The average Bonchev–Trinajstić information content (AvgIpc) is 3.47. The Bertz CT molecular complexity index is 1050. The highest BCUT2D eigenvalue weighted by Gasteiger charge is 2.34. The van der Waals surface area contributed by atoms with Crippen LogP contribution in [0.15, 0.2) is 30.3 Å². The van der Waals surface area contributed by atoms with Gasteiger partial charge in [-0.2, -0.15) is 0 Å². The highest BCUT2D eigenvalue weighted by molar-refractivity contribution is 8.09. The molecule has 0 radical (unpaired) electrons. The molecule has 1 fully saturated rings. The topological polar surface area (TPSA) is 163 Å². The van der Waals surface area contributed by atoms with Crippen molar-refractivity contribution in [1.82, 2.24) is 10.6 Å². The molecule has 3 atom stereocenters. The Kier molecular flexibility index (Phi) is 10.1. The number of carbonyl (C=O) groups excluding carboxylic acids is 4. The van der Waals surface area contributed by atoms with E-state index >= 15 is 0 Å². The first-order chi connectivity index (χ1) is 17.9. The minimum atomic E-state index is -0.787. The van der Waals surface area contributed by atoms with Gasteiger partial charge in [0.2, 0.25) is 5.91 Å². The Hall–Kier alpha value is -3.21. The van der Waals surface area contributed by atoms with Crippen molar-refractivity contribution in [2.24, 2.45) is 17.4 Å². The van der Waals surface area contributed by atoms with Crippen molar-refractivity contribution in [3.05, 3.63) is 41.5 Å². The summed E-state index contributed by atoms with van der Waals surface area (Å²) in [5, 5.41) is 4.70. The third-order valence-corrected chi connectivity index (χ3v) is 7.57. The Morgan fingerprint density at radius 1 is 1.08 bits per heavy atom. The van der Waals surface area contributed by atoms with Gasteiger partial charge in [0.1, 0.15) is 17.7 Å². The summed E-state index contributed by atoms with van der Waals surface area (Å²) < 4.78 is 11.0. The molecule has 10 nitrogen and oxygen atoms in total. The lowest BCUT2D eigenvalue weighted by atomic mass is 10.0. The predicted molar refractivity (Wildman–Crippen MR) is 146 cm³/mol. The van der Waals surface area contributed by atoms with Crippen LogP contribution in [0.25, 0.3) is 4.91 Å². The zero-order valence-electron chi connectivity index (χ0n) is 22.2. The number of primary amides is 2.